The Bertz CT molecular complexity index is 255. The van der Waals surface area contributed by atoms with E-state index in [9.17, 15) is 0 Å². The van der Waals surface area contributed by atoms with Crippen LogP contribution in [-0.2, 0) is 6.54 Å². The van der Waals surface area contributed by atoms with Crippen LogP contribution in [0.15, 0.2) is 23.1 Å². The second-order valence-electron chi connectivity index (χ2n) is 2.16. The molecular formula is C8H10BClNS. The highest BCUT2D eigenvalue weighted by Crippen LogP contribution is 2.23. The molecule has 0 unspecified atom stereocenters. The first-order chi connectivity index (χ1) is 5.27. The van der Waals surface area contributed by atoms with E-state index in [0.29, 0.717) is 6.54 Å². The summed E-state index contributed by atoms with van der Waals surface area (Å²) < 4.78 is 0. The standard InChI is InChI=1S/C8H10ClNS.B/c1-11-8-4-7(9)3-2-6(8)5-10;/h2-4H,5,10H2,1H3;. The first kappa shape index (κ1) is 11.9. The van der Waals surface area contributed by atoms with Gasteiger partial charge < -0.3 is 5.73 Å². The van der Waals surface area contributed by atoms with Crippen molar-refractivity contribution in [3.8, 4) is 0 Å². The van der Waals surface area contributed by atoms with Crippen molar-refractivity contribution in [2.75, 3.05) is 6.26 Å². The first-order valence-corrected chi connectivity index (χ1v) is 4.90. The van der Waals surface area contributed by atoms with Gasteiger partial charge in [-0.3, -0.25) is 0 Å². The van der Waals surface area contributed by atoms with Gasteiger partial charge in [-0.1, -0.05) is 17.7 Å². The molecule has 1 rings (SSSR count). The van der Waals surface area contributed by atoms with Crippen LogP contribution in [0.2, 0.25) is 5.02 Å². The van der Waals surface area contributed by atoms with E-state index in [1.54, 1.807) is 11.8 Å². The molecule has 0 aliphatic carbocycles. The van der Waals surface area contributed by atoms with Crippen molar-refractivity contribution in [1.82, 2.24) is 0 Å². The van der Waals surface area contributed by atoms with E-state index in [1.807, 2.05) is 24.5 Å². The molecule has 0 spiro atoms. The van der Waals surface area contributed by atoms with Crippen molar-refractivity contribution in [3.05, 3.63) is 28.8 Å². The Morgan fingerprint density at radius 1 is 1.50 bits per heavy atom. The SMILES string of the molecule is CSc1cc(Cl)ccc1CN.[B]. The van der Waals surface area contributed by atoms with Crippen LogP contribution >= 0.6 is 23.4 Å². The smallest absolute Gasteiger partial charge is 0.0417 e. The molecule has 0 saturated carbocycles. The third kappa shape index (κ3) is 2.74. The number of nitrogens with two attached hydrogens (primary N) is 1. The lowest BCUT2D eigenvalue weighted by Gasteiger charge is -2.03. The molecule has 2 N–H and O–H groups in total. The summed E-state index contributed by atoms with van der Waals surface area (Å²) in [7, 11) is 0. The monoisotopic (exact) mass is 198 g/mol. The molecule has 1 aromatic rings. The predicted octanol–water partition coefficient (Wildman–Crippen LogP) is 2.14. The molecule has 0 heterocycles. The van der Waals surface area contributed by atoms with Crippen molar-refractivity contribution in [1.29, 1.82) is 0 Å². The van der Waals surface area contributed by atoms with Gasteiger partial charge in [-0.05, 0) is 24.0 Å². The number of halogens is 1. The maximum Gasteiger partial charge on any atom is 0.0417 e. The maximum atomic E-state index is 5.80. The lowest BCUT2D eigenvalue weighted by atomic mass is 10.2. The topological polar surface area (TPSA) is 26.0 Å². The molecule has 0 bridgehead atoms. The third-order valence-corrected chi connectivity index (χ3v) is 2.52. The van der Waals surface area contributed by atoms with Crippen LogP contribution in [0.4, 0.5) is 0 Å². The molecule has 1 aromatic carbocycles. The Balaban J connectivity index is 0.00000121. The Labute approximate surface area is 84.2 Å². The Morgan fingerprint density at radius 3 is 2.67 bits per heavy atom. The molecule has 1 nitrogen and oxygen atoms in total. The lowest BCUT2D eigenvalue weighted by molar-refractivity contribution is 1.03. The first-order valence-electron chi connectivity index (χ1n) is 3.30. The summed E-state index contributed by atoms with van der Waals surface area (Å²) in [6.45, 7) is 0.577. The average molecular weight is 199 g/mol. The van der Waals surface area contributed by atoms with Crippen molar-refractivity contribution in [3.63, 3.8) is 0 Å². The van der Waals surface area contributed by atoms with Crippen LogP contribution in [0.5, 0.6) is 0 Å². The van der Waals surface area contributed by atoms with E-state index in [2.05, 4.69) is 0 Å². The molecule has 0 saturated heterocycles. The molecule has 63 valence electrons. The highest BCUT2D eigenvalue weighted by Gasteiger charge is 1.99. The fraction of sp³-hybridized carbons (Fsp3) is 0.250. The summed E-state index contributed by atoms with van der Waals surface area (Å²) in [4.78, 5) is 1.17. The van der Waals surface area contributed by atoms with E-state index in [-0.39, 0.29) is 8.41 Å². The van der Waals surface area contributed by atoms with Crippen molar-refractivity contribution in [2.45, 2.75) is 11.4 Å². The average Bonchev–Trinajstić information content (AvgIpc) is 2.04. The molecule has 0 aliphatic heterocycles. The zero-order chi connectivity index (χ0) is 8.27. The van der Waals surface area contributed by atoms with Crippen LogP contribution in [0.25, 0.3) is 0 Å². The van der Waals surface area contributed by atoms with Gasteiger partial charge in [0.1, 0.15) is 0 Å². The van der Waals surface area contributed by atoms with E-state index in [1.165, 1.54) is 4.90 Å². The Morgan fingerprint density at radius 2 is 2.17 bits per heavy atom. The molecular weight excluding hydrogens is 188 g/mol. The van der Waals surface area contributed by atoms with Gasteiger partial charge in [-0.15, -0.1) is 11.8 Å². The molecule has 0 atom stereocenters. The van der Waals surface area contributed by atoms with E-state index < -0.39 is 0 Å². The Hall–Kier alpha value is -0.115. The Kier molecular flexibility index (Phi) is 5.46. The number of rotatable bonds is 2. The minimum absolute atomic E-state index is 0. The minimum atomic E-state index is 0. The van der Waals surface area contributed by atoms with E-state index >= 15 is 0 Å². The number of thioether (sulfide) groups is 1. The normalized spacial score (nSPS) is 9.25. The highest BCUT2D eigenvalue weighted by molar-refractivity contribution is 7.98. The quantitative estimate of drug-likeness (QED) is 0.582. The van der Waals surface area contributed by atoms with Gasteiger partial charge in [0.2, 0.25) is 0 Å². The molecule has 0 amide bonds. The van der Waals surface area contributed by atoms with Crippen LogP contribution in [0.3, 0.4) is 0 Å². The van der Waals surface area contributed by atoms with Gasteiger partial charge in [0.05, 0.1) is 0 Å². The van der Waals surface area contributed by atoms with Gasteiger partial charge in [0.25, 0.3) is 0 Å². The third-order valence-electron chi connectivity index (χ3n) is 1.47. The summed E-state index contributed by atoms with van der Waals surface area (Å²) in [5.41, 5.74) is 6.67. The van der Waals surface area contributed by atoms with Gasteiger partial charge in [0.15, 0.2) is 0 Å². The summed E-state index contributed by atoms with van der Waals surface area (Å²) in [6.07, 6.45) is 2.02. The van der Waals surface area contributed by atoms with Crippen molar-refractivity contribution < 1.29 is 0 Å². The highest BCUT2D eigenvalue weighted by atomic mass is 35.5. The maximum absolute atomic E-state index is 5.80. The molecule has 0 aliphatic rings. The number of hydrogen-bond donors (Lipinski definition) is 1. The van der Waals surface area contributed by atoms with Crippen LogP contribution in [0, 0.1) is 0 Å². The summed E-state index contributed by atoms with van der Waals surface area (Å²) in [5.74, 6) is 0. The minimum Gasteiger partial charge on any atom is -0.326 e. The molecule has 0 fully saturated rings. The molecule has 0 aromatic heterocycles. The van der Waals surface area contributed by atoms with Gasteiger partial charge in [-0.2, -0.15) is 0 Å². The predicted molar refractivity (Wildman–Crippen MR) is 56.9 cm³/mol. The fourth-order valence-corrected chi connectivity index (χ4v) is 1.78. The summed E-state index contributed by atoms with van der Waals surface area (Å²) >= 11 is 7.47. The zero-order valence-electron chi connectivity index (χ0n) is 6.88. The van der Waals surface area contributed by atoms with Gasteiger partial charge >= 0.3 is 0 Å². The van der Waals surface area contributed by atoms with E-state index in [0.717, 1.165) is 10.6 Å². The van der Waals surface area contributed by atoms with Crippen LogP contribution in [-0.4, -0.2) is 14.7 Å². The second kappa shape index (κ2) is 5.52. The van der Waals surface area contributed by atoms with Crippen LogP contribution < -0.4 is 5.73 Å². The zero-order valence-corrected chi connectivity index (χ0v) is 8.45. The van der Waals surface area contributed by atoms with Crippen LogP contribution in [0.1, 0.15) is 5.56 Å². The lowest BCUT2D eigenvalue weighted by Crippen LogP contribution is -1.97. The molecule has 3 radical (unpaired) electrons. The summed E-state index contributed by atoms with van der Waals surface area (Å²) in [6, 6.07) is 5.77. The number of hydrogen-bond acceptors (Lipinski definition) is 2. The fourth-order valence-electron chi connectivity index (χ4n) is 0.887. The largest absolute Gasteiger partial charge is 0.326 e. The van der Waals surface area contributed by atoms with Crippen molar-refractivity contribution in [2.24, 2.45) is 5.73 Å². The molecule has 4 heteroatoms. The molecule has 12 heavy (non-hydrogen) atoms. The van der Waals surface area contributed by atoms with Gasteiger partial charge in [0, 0.05) is 24.9 Å². The second-order valence-corrected chi connectivity index (χ2v) is 3.44. The van der Waals surface area contributed by atoms with Gasteiger partial charge in [-0.25, -0.2) is 0 Å². The number of benzene rings is 1. The summed E-state index contributed by atoms with van der Waals surface area (Å²) in [5, 5.41) is 0.770. The van der Waals surface area contributed by atoms with E-state index in [4.69, 9.17) is 17.3 Å². The van der Waals surface area contributed by atoms with Crippen molar-refractivity contribution >= 4 is 31.8 Å².